The first kappa shape index (κ1) is 11.9. The van der Waals surface area contributed by atoms with Crippen molar-refractivity contribution in [2.45, 2.75) is 11.4 Å². The lowest BCUT2D eigenvalue weighted by Gasteiger charge is -2.38. The van der Waals surface area contributed by atoms with E-state index in [-0.39, 0.29) is 13.1 Å². The van der Waals surface area contributed by atoms with Crippen molar-refractivity contribution in [3.8, 4) is 0 Å². The summed E-state index contributed by atoms with van der Waals surface area (Å²) in [4.78, 5) is 1.02. The van der Waals surface area contributed by atoms with Gasteiger partial charge in [0.05, 0.1) is 6.26 Å². The Morgan fingerprint density at radius 2 is 2.06 bits per heavy atom. The number of quaternary nitrogens is 1. The van der Waals surface area contributed by atoms with E-state index in [0.29, 0.717) is 5.75 Å². The van der Waals surface area contributed by atoms with Gasteiger partial charge < -0.3 is 5.21 Å². The molecule has 6 heteroatoms. The maximum absolute atomic E-state index is 12.3. The fourth-order valence-corrected chi connectivity index (χ4v) is 3.70. The fraction of sp³-hybridized carbons (Fsp3) is 0.400. The summed E-state index contributed by atoms with van der Waals surface area (Å²) in [6.45, 7) is 0.125. The average Bonchev–Trinajstić information content (AvgIpc) is 2.35. The summed E-state index contributed by atoms with van der Waals surface area (Å²) < 4.78 is 21.9. The molecule has 0 bridgehead atoms. The Hall–Kier alpha value is -0.560. The average molecular weight is 259 g/mol. The molecule has 16 heavy (non-hydrogen) atoms. The fourth-order valence-electron chi connectivity index (χ4n) is 1.69. The Balaban J connectivity index is 2.44. The summed E-state index contributed by atoms with van der Waals surface area (Å²) in [5, 5.41) is 12.3. The smallest absolute Gasteiger partial charge is 0.294 e. The molecule has 1 heterocycles. The molecule has 1 atom stereocenters. The highest BCUT2D eigenvalue weighted by Crippen LogP contribution is 2.31. The van der Waals surface area contributed by atoms with Crippen LogP contribution < -0.4 is 0 Å². The van der Waals surface area contributed by atoms with Crippen molar-refractivity contribution in [2.24, 2.45) is 0 Å². The van der Waals surface area contributed by atoms with Crippen LogP contribution in [0.25, 0.3) is 0 Å². The van der Waals surface area contributed by atoms with Gasteiger partial charge in [0.15, 0.2) is 0 Å². The van der Waals surface area contributed by atoms with Gasteiger partial charge >= 0.3 is 0 Å². The molecule has 1 aromatic carbocycles. The van der Waals surface area contributed by atoms with Crippen LogP contribution in [0.2, 0.25) is 0 Å². The zero-order valence-corrected chi connectivity index (χ0v) is 10.6. The van der Waals surface area contributed by atoms with E-state index in [2.05, 4.69) is 0 Å². The first-order valence-corrected chi connectivity index (χ1v) is 7.75. The van der Waals surface area contributed by atoms with Crippen LogP contribution in [0.4, 0.5) is 0 Å². The van der Waals surface area contributed by atoms with Crippen LogP contribution in [0, 0.1) is 5.21 Å². The van der Waals surface area contributed by atoms with Crippen LogP contribution in [0.1, 0.15) is 5.56 Å². The third kappa shape index (κ3) is 2.10. The van der Waals surface area contributed by atoms with Crippen LogP contribution in [-0.2, 0) is 16.6 Å². The van der Waals surface area contributed by atoms with Gasteiger partial charge in [0.2, 0.25) is 0 Å². The number of nitrogens with zero attached hydrogens (tertiary/aromatic N) is 1. The van der Waals surface area contributed by atoms with E-state index in [9.17, 15) is 13.6 Å². The highest BCUT2D eigenvalue weighted by molar-refractivity contribution is 7.99. The van der Waals surface area contributed by atoms with Crippen LogP contribution in [0.5, 0.6) is 0 Å². The zero-order valence-electron chi connectivity index (χ0n) is 8.92. The summed E-state index contributed by atoms with van der Waals surface area (Å²) in [6.07, 6.45) is 1.01. The van der Waals surface area contributed by atoms with Gasteiger partial charge in [0, 0.05) is 16.2 Å². The molecule has 4 nitrogen and oxygen atoms in total. The predicted molar refractivity (Wildman–Crippen MR) is 64.2 cm³/mol. The minimum atomic E-state index is -3.62. The lowest BCUT2D eigenvalue weighted by atomic mass is 10.2. The van der Waals surface area contributed by atoms with Gasteiger partial charge in [0.1, 0.15) is 13.1 Å². The van der Waals surface area contributed by atoms with Crippen LogP contribution in [0.3, 0.4) is 0 Å². The number of benzene rings is 1. The SMILES string of the molecule is CS(=O)(=O)[N+]1([O-])CCSc2ccccc2C1. The van der Waals surface area contributed by atoms with Gasteiger partial charge in [-0.25, -0.2) is 0 Å². The number of fused-ring (bicyclic) bond motifs is 1. The number of rotatable bonds is 1. The summed E-state index contributed by atoms with van der Waals surface area (Å²) in [5.74, 6) is 0.535. The van der Waals surface area contributed by atoms with Gasteiger partial charge in [-0.2, -0.15) is 8.42 Å². The van der Waals surface area contributed by atoms with Gasteiger partial charge in [-0.3, -0.25) is 4.05 Å². The Labute approximate surface area is 99.5 Å². The van der Waals surface area contributed by atoms with Crippen molar-refractivity contribution >= 4 is 21.8 Å². The molecule has 1 aliphatic heterocycles. The van der Waals surface area contributed by atoms with Gasteiger partial charge in [0.25, 0.3) is 10.0 Å². The van der Waals surface area contributed by atoms with Gasteiger partial charge in [-0.15, -0.1) is 11.8 Å². The van der Waals surface area contributed by atoms with Crippen molar-refractivity contribution in [1.29, 1.82) is 0 Å². The van der Waals surface area contributed by atoms with E-state index in [1.807, 2.05) is 24.3 Å². The zero-order chi connectivity index (χ0) is 11.8. The van der Waals surface area contributed by atoms with Crippen molar-refractivity contribution < 1.29 is 12.5 Å². The molecule has 0 saturated carbocycles. The van der Waals surface area contributed by atoms with Gasteiger partial charge in [-0.05, 0) is 6.07 Å². The Bertz CT molecular complexity index is 501. The number of hydrogen-bond donors (Lipinski definition) is 0. The summed E-state index contributed by atoms with van der Waals surface area (Å²) in [5.41, 5.74) is 0.824. The van der Waals surface area contributed by atoms with E-state index in [0.717, 1.165) is 16.7 Å². The number of hydrogen-bond acceptors (Lipinski definition) is 4. The molecular weight excluding hydrogens is 246 g/mol. The Kier molecular flexibility index (Phi) is 3.00. The summed E-state index contributed by atoms with van der Waals surface area (Å²) in [6, 6.07) is 7.48. The second kappa shape index (κ2) is 4.03. The van der Waals surface area contributed by atoms with Crippen molar-refractivity contribution in [3.63, 3.8) is 0 Å². The molecule has 0 saturated heterocycles. The topological polar surface area (TPSA) is 57.2 Å². The quantitative estimate of drug-likeness (QED) is 0.567. The van der Waals surface area contributed by atoms with Crippen molar-refractivity contribution in [1.82, 2.24) is 0 Å². The van der Waals surface area contributed by atoms with Crippen LogP contribution >= 0.6 is 11.8 Å². The molecule has 0 aromatic heterocycles. The predicted octanol–water partition coefficient (Wildman–Crippen LogP) is 1.57. The molecule has 0 fully saturated rings. The Morgan fingerprint density at radius 1 is 1.38 bits per heavy atom. The van der Waals surface area contributed by atoms with E-state index >= 15 is 0 Å². The third-order valence-electron chi connectivity index (χ3n) is 2.68. The van der Waals surface area contributed by atoms with Crippen molar-refractivity contribution in [2.75, 3.05) is 18.6 Å². The Morgan fingerprint density at radius 3 is 2.75 bits per heavy atom. The van der Waals surface area contributed by atoms with Crippen molar-refractivity contribution in [3.05, 3.63) is 35.0 Å². The highest BCUT2D eigenvalue weighted by Gasteiger charge is 2.32. The van der Waals surface area contributed by atoms with Crippen LogP contribution in [-0.4, -0.2) is 31.0 Å². The molecular formula is C10H13NO3S2. The lowest BCUT2D eigenvalue weighted by Crippen LogP contribution is -2.46. The van der Waals surface area contributed by atoms with E-state index in [1.165, 1.54) is 0 Å². The monoisotopic (exact) mass is 259 g/mol. The minimum absolute atomic E-state index is 0.0159. The molecule has 0 spiro atoms. The molecule has 1 unspecified atom stereocenters. The number of thioether (sulfide) groups is 1. The molecule has 0 radical (unpaired) electrons. The number of hydroxylamine groups is 2. The molecule has 1 aromatic rings. The van der Waals surface area contributed by atoms with E-state index in [1.54, 1.807) is 11.8 Å². The normalized spacial score (nSPS) is 25.9. The largest absolute Gasteiger partial charge is 0.616 e. The van der Waals surface area contributed by atoms with Crippen LogP contribution in [0.15, 0.2) is 29.2 Å². The number of sulfonamides is 1. The first-order chi connectivity index (χ1) is 7.42. The summed E-state index contributed by atoms with van der Waals surface area (Å²) >= 11 is 1.55. The maximum Gasteiger partial charge on any atom is 0.294 e. The molecule has 88 valence electrons. The standard InChI is InChI=1S/C10H13NO3S2/c1-16(13,14)11(12)6-7-15-10-5-3-2-4-9(10)8-11/h2-5H,6-8H2,1H3. The second-order valence-corrected chi connectivity index (χ2v) is 7.15. The lowest BCUT2D eigenvalue weighted by molar-refractivity contribution is -0.764. The van der Waals surface area contributed by atoms with E-state index in [4.69, 9.17) is 0 Å². The first-order valence-electron chi connectivity index (χ1n) is 4.91. The molecule has 0 N–H and O–H groups in total. The molecule has 0 aliphatic carbocycles. The highest BCUT2D eigenvalue weighted by atomic mass is 32.2. The molecule has 1 aliphatic rings. The molecule has 0 amide bonds. The maximum atomic E-state index is 12.3. The third-order valence-corrected chi connectivity index (χ3v) is 5.29. The second-order valence-electron chi connectivity index (χ2n) is 3.89. The minimum Gasteiger partial charge on any atom is -0.616 e. The van der Waals surface area contributed by atoms with E-state index < -0.39 is 14.1 Å². The van der Waals surface area contributed by atoms with Gasteiger partial charge in [-0.1, -0.05) is 18.2 Å². The summed E-state index contributed by atoms with van der Waals surface area (Å²) in [7, 11) is -3.62. The molecule has 2 rings (SSSR count).